The minimum atomic E-state index is -4.31. The third kappa shape index (κ3) is 3.07. The van der Waals surface area contributed by atoms with Crippen LogP contribution < -0.4 is 5.32 Å². The van der Waals surface area contributed by atoms with Crippen molar-refractivity contribution in [1.29, 1.82) is 0 Å². The Balaban J connectivity index is 1.52. The Hall–Kier alpha value is -1.73. The van der Waals surface area contributed by atoms with Crippen molar-refractivity contribution in [2.45, 2.75) is 63.7 Å². The Morgan fingerprint density at radius 3 is 2.73 bits per heavy atom. The molecule has 1 saturated heterocycles. The number of halogens is 3. The lowest BCUT2D eigenvalue weighted by molar-refractivity contribution is -0.173. The van der Waals surface area contributed by atoms with E-state index in [1.807, 2.05) is 11.8 Å². The van der Waals surface area contributed by atoms with E-state index in [-0.39, 0.29) is 30.2 Å². The monoisotopic (exact) mass is 370 g/mol. The van der Waals surface area contributed by atoms with Gasteiger partial charge in [0.2, 0.25) is 5.91 Å². The summed E-state index contributed by atoms with van der Waals surface area (Å²) < 4.78 is 41.5. The number of aromatic nitrogens is 2. The molecule has 5 nitrogen and oxygen atoms in total. The van der Waals surface area contributed by atoms with Crippen LogP contribution in [0.25, 0.3) is 0 Å². The number of hydrogen-bond acceptors (Lipinski definition) is 3. The Morgan fingerprint density at radius 2 is 2.12 bits per heavy atom. The number of alkyl halides is 3. The van der Waals surface area contributed by atoms with Crippen molar-refractivity contribution in [3.63, 3.8) is 0 Å². The van der Waals surface area contributed by atoms with Crippen LogP contribution in [0.2, 0.25) is 0 Å². The van der Waals surface area contributed by atoms with E-state index >= 15 is 0 Å². The number of carbonyl (C=O) groups excluding carboxylic acids is 1. The van der Waals surface area contributed by atoms with Gasteiger partial charge < -0.3 is 10.2 Å². The maximum absolute atomic E-state index is 13.5. The van der Waals surface area contributed by atoms with Gasteiger partial charge in [0.25, 0.3) is 0 Å². The van der Waals surface area contributed by atoms with Crippen LogP contribution in [0.4, 0.5) is 19.0 Å². The number of carbonyl (C=O) groups is 1. The van der Waals surface area contributed by atoms with Crippen molar-refractivity contribution in [2.75, 3.05) is 18.4 Å². The van der Waals surface area contributed by atoms with E-state index in [1.54, 1.807) is 6.07 Å². The van der Waals surface area contributed by atoms with Crippen LogP contribution in [-0.2, 0) is 4.79 Å². The van der Waals surface area contributed by atoms with Crippen LogP contribution in [0.5, 0.6) is 0 Å². The van der Waals surface area contributed by atoms with Crippen molar-refractivity contribution < 1.29 is 18.0 Å². The fraction of sp³-hybridized carbons (Fsp3) is 0.778. The van der Waals surface area contributed by atoms with E-state index in [9.17, 15) is 18.0 Å². The standard InChI is InChI=1S/C18H25F3N4O/c1-3-12-7-15(18(19,20)21)25-16(22-12)8-14(23-25)11-4-5-24(9-11)17(26)13-6-10(13)2/h8,10-13,15,22H,3-7,9H2,1-2H3/t10-,11+,12+,13-,15+/m0/s1. The Bertz CT molecular complexity index is 701. The summed E-state index contributed by atoms with van der Waals surface area (Å²) in [6, 6.07) is -0.0283. The molecule has 0 spiro atoms. The summed E-state index contributed by atoms with van der Waals surface area (Å²) in [6.07, 6.45) is -1.96. The summed E-state index contributed by atoms with van der Waals surface area (Å²) in [5, 5.41) is 7.50. The first-order valence-electron chi connectivity index (χ1n) is 9.49. The minimum absolute atomic E-state index is 0.00294. The molecule has 1 saturated carbocycles. The number of nitrogens with zero attached hydrogens (tertiary/aromatic N) is 3. The molecule has 3 aliphatic rings. The molecular formula is C18H25F3N4O. The maximum atomic E-state index is 13.5. The molecule has 8 heteroatoms. The van der Waals surface area contributed by atoms with Gasteiger partial charge in [0.1, 0.15) is 5.82 Å². The van der Waals surface area contributed by atoms with E-state index < -0.39 is 12.2 Å². The highest BCUT2D eigenvalue weighted by Gasteiger charge is 2.47. The number of rotatable bonds is 3. The number of amides is 1. The molecular weight excluding hydrogens is 345 g/mol. The van der Waals surface area contributed by atoms with Crippen molar-refractivity contribution >= 4 is 11.7 Å². The maximum Gasteiger partial charge on any atom is 0.410 e. The molecule has 5 atom stereocenters. The number of nitrogens with one attached hydrogen (secondary N) is 1. The molecule has 2 fully saturated rings. The zero-order valence-corrected chi connectivity index (χ0v) is 15.1. The zero-order valence-electron chi connectivity index (χ0n) is 15.1. The van der Waals surface area contributed by atoms with Gasteiger partial charge in [0, 0.05) is 37.0 Å². The highest BCUT2D eigenvalue weighted by atomic mass is 19.4. The molecule has 4 rings (SSSR count). The van der Waals surface area contributed by atoms with Gasteiger partial charge >= 0.3 is 6.18 Å². The van der Waals surface area contributed by atoms with Crippen LogP contribution in [0, 0.1) is 11.8 Å². The normalized spacial score (nSPS) is 33.7. The largest absolute Gasteiger partial charge is 0.410 e. The molecule has 1 N–H and O–H groups in total. The highest BCUT2D eigenvalue weighted by molar-refractivity contribution is 5.82. The van der Waals surface area contributed by atoms with E-state index in [1.165, 1.54) is 0 Å². The van der Waals surface area contributed by atoms with Crippen LogP contribution in [0.1, 0.15) is 57.2 Å². The first kappa shape index (κ1) is 17.7. The van der Waals surface area contributed by atoms with Crippen LogP contribution in [-0.4, -0.2) is 45.9 Å². The number of likely N-dealkylation sites (tertiary alicyclic amines) is 1. The van der Waals surface area contributed by atoms with Crippen LogP contribution in [0.3, 0.4) is 0 Å². The first-order chi connectivity index (χ1) is 12.3. The van der Waals surface area contributed by atoms with Gasteiger partial charge in [0.05, 0.1) is 5.69 Å². The lowest BCUT2D eigenvalue weighted by Gasteiger charge is -2.32. The molecule has 26 heavy (non-hydrogen) atoms. The van der Waals surface area contributed by atoms with Gasteiger partial charge in [-0.2, -0.15) is 18.3 Å². The molecule has 0 radical (unpaired) electrons. The second kappa shape index (κ2) is 6.16. The molecule has 1 aliphatic carbocycles. The average molecular weight is 370 g/mol. The van der Waals surface area contributed by atoms with Crippen LogP contribution in [0.15, 0.2) is 6.07 Å². The molecule has 0 bridgehead atoms. The number of fused-ring (bicyclic) bond motifs is 1. The molecule has 1 amide bonds. The van der Waals surface area contributed by atoms with Gasteiger partial charge in [-0.3, -0.25) is 4.79 Å². The summed E-state index contributed by atoms with van der Waals surface area (Å²) >= 11 is 0. The molecule has 3 heterocycles. The fourth-order valence-corrected chi connectivity index (χ4v) is 4.24. The fourth-order valence-electron chi connectivity index (χ4n) is 4.24. The quantitative estimate of drug-likeness (QED) is 0.885. The van der Waals surface area contributed by atoms with Gasteiger partial charge in [-0.15, -0.1) is 0 Å². The molecule has 0 unspecified atom stereocenters. The SMILES string of the molecule is CC[C@@H]1C[C@H](C(F)(F)F)n2nc([C@@H]3CCN(C(=O)[C@H]4C[C@@H]4C)C3)cc2N1. The second-order valence-corrected chi connectivity index (χ2v) is 8.03. The lowest BCUT2D eigenvalue weighted by Crippen LogP contribution is -2.38. The van der Waals surface area contributed by atoms with Crippen molar-refractivity contribution in [2.24, 2.45) is 11.8 Å². The van der Waals surface area contributed by atoms with Crippen molar-refractivity contribution in [1.82, 2.24) is 14.7 Å². The zero-order chi connectivity index (χ0) is 18.6. The molecule has 0 aromatic carbocycles. The third-order valence-electron chi connectivity index (χ3n) is 6.13. The summed E-state index contributed by atoms with van der Waals surface area (Å²) in [4.78, 5) is 14.3. The first-order valence-corrected chi connectivity index (χ1v) is 9.49. The summed E-state index contributed by atoms with van der Waals surface area (Å²) in [7, 11) is 0. The van der Waals surface area contributed by atoms with E-state index in [0.29, 0.717) is 36.9 Å². The van der Waals surface area contributed by atoms with Crippen molar-refractivity contribution in [3.8, 4) is 0 Å². The minimum Gasteiger partial charge on any atom is -0.367 e. The third-order valence-corrected chi connectivity index (χ3v) is 6.13. The second-order valence-electron chi connectivity index (χ2n) is 8.03. The van der Waals surface area contributed by atoms with Crippen LogP contribution >= 0.6 is 0 Å². The summed E-state index contributed by atoms with van der Waals surface area (Å²) in [5.74, 6) is 1.26. The molecule has 144 valence electrons. The molecule has 2 aliphatic heterocycles. The average Bonchev–Trinajstić information content (AvgIpc) is 3.02. The molecule has 1 aromatic heterocycles. The van der Waals surface area contributed by atoms with Gasteiger partial charge in [-0.1, -0.05) is 13.8 Å². The number of anilines is 1. The topological polar surface area (TPSA) is 50.2 Å². The molecule has 1 aromatic rings. The van der Waals surface area contributed by atoms with Gasteiger partial charge in [0.15, 0.2) is 6.04 Å². The smallest absolute Gasteiger partial charge is 0.367 e. The van der Waals surface area contributed by atoms with Gasteiger partial charge in [-0.05, 0) is 31.6 Å². The Morgan fingerprint density at radius 1 is 1.38 bits per heavy atom. The van der Waals surface area contributed by atoms with Crippen molar-refractivity contribution in [3.05, 3.63) is 11.8 Å². The number of hydrogen-bond donors (Lipinski definition) is 1. The Kier molecular flexibility index (Phi) is 4.19. The Labute approximate surface area is 150 Å². The predicted molar refractivity (Wildman–Crippen MR) is 90.8 cm³/mol. The lowest BCUT2D eigenvalue weighted by atomic mass is 10.0. The van der Waals surface area contributed by atoms with E-state index in [2.05, 4.69) is 17.3 Å². The predicted octanol–water partition coefficient (Wildman–Crippen LogP) is 3.55. The summed E-state index contributed by atoms with van der Waals surface area (Å²) in [5.41, 5.74) is 0.664. The van der Waals surface area contributed by atoms with Gasteiger partial charge in [-0.25, -0.2) is 4.68 Å². The van der Waals surface area contributed by atoms with E-state index in [0.717, 1.165) is 17.5 Å². The van der Waals surface area contributed by atoms with E-state index in [4.69, 9.17) is 0 Å². The highest BCUT2D eigenvalue weighted by Crippen LogP contribution is 2.43. The summed E-state index contributed by atoms with van der Waals surface area (Å²) in [6.45, 7) is 5.19.